The molecule has 0 spiro atoms. The quantitative estimate of drug-likeness (QED) is 0.169. The smallest absolute Gasteiger partial charge is 0.264 e. The number of hydrogen-bond donors (Lipinski definition) is 1. The first-order valence-corrected chi connectivity index (χ1v) is 16.7. The van der Waals surface area contributed by atoms with Crippen LogP contribution in [0.2, 0.25) is 10.0 Å². The second-order valence-corrected chi connectivity index (χ2v) is 12.7. The van der Waals surface area contributed by atoms with Crippen molar-refractivity contribution in [2.75, 3.05) is 24.0 Å². The normalized spacial score (nSPS) is 11.8. The number of benzene rings is 4. The number of carbonyl (C=O) groups excluding carboxylic acids is 2. The zero-order valence-corrected chi connectivity index (χ0v) is 27.4. The van der Waals surface area contributed by atoms with E-state index < -0.39 is 34.4 Å². The van der Waals surface area contributed by atoms with E-state index in [4.69, 9.17) is 27.9 Å². The second kappa shape index (κ2) is 15.8. The van der Waals surface area contributed by atoms with Crippen molar-refractivity contribution in [1.29, 1.82) is 0 Å². The van der Waals surface area contributed by atoms with Crippen LogP contribution < -0.4 is 14.4 Å². The Morgan fingerprint density at radius 3 is 2.04 bits per heavy atom. The van der Waals surface area contributed by atoms with Crippen LogP contribution in [0, 0.1) is 0 Å². The number of halogens is 2. The molecule has 0 aliphatic heterocycles. The molecule has 2 amide bonds. The van der Waals surface area contributed by atoms with Crippen LogP contribution in [0.5, 0.6) is 5.75 Å². The summed E-state index contributed by atoms with van der Waals surface area (Å²) in [6, 6.07) is 27.7. The van der Waals surface area contributed by atoms with Gasteiger partial charge in [0.25, 0.3) is 10.0 Å². The van der Waals surface area contributed by atoms with Gasteiger partial charge in [0.2, 0.25) is 11.8 Å². The van der Waals surface area contributed by atoms with Gasteiger partial charge in [-0.3, -0.25) is 13.9 Å². The monoisotopic (exact) mass is 667 g/mol. The topological polar surface area (TPSA) is 96.0 Å². The third-order valence-corrected chi connectivity index (χ3v) is 9.54. The molecule has 0 aromatic heterocycles. The summed E-state index contributed by atoms with van der Waals surface area (Å²) in [6.07, 6.45) is 0.168. The summed E-state index contributed by atoms with van der Waals surface area (Å²) < 4.78 is 35.2. The van der Waals surface area contributed by atoms with Gasteiger partial charge in [-0.05, 0) is 55.8 Å². The minimum absolute atomic E-state index is 0.00522. The fraction of sp³-hybridized carbons (Fsp3) is 0.235. The fourth-order valence-electron chi connectivity index (χ4n) is 4.87. The number of anilines is 1. The summed E-state index contributed by atoms with van der Waals surface area (Å²) in [5.74, 6) is -0.744. The molecule has 0 bridgehead atoms. The molecule has 0 saturated heterocycles. The molecule has 4 rings (SSSR count). The first-order valence-electron chi connectivity index (χ1n) is 14.5. The molecule has 4 aromatic rings. The van der Waals surface area contributed by atoms with Crippen LogP contribution in [-0.2, 0) is 32.6 Å². The molecule has 45 heavy (non-hydrogen) atoms. The van der Waals surface area contributed by atoms with Crippen molar-refractivity contribution in [3.8, 4) is 5.75 Å². The number of likely N-dealkylation sites (N-methyl/N-ethyl adjacent to an activating group) is 1. The summed E-state index contributed by atoms with van der Waals surface area (Å²) in [7, 11) is -4.27. The number of para-hydroxylation sites is 2. The van der Waals surface area contributed by atoms with Gasteiger partial charge in [0.1, 0.15) is 18.3 Å². The van der Waals surface area contributed by atoms with Crippen molar-refractivity contribution in [3.05, 3.63) is 124 Å². The Hall–Kier alpha value is -4.05. The zero-order chi connectivity index (χ0) is 32.4. The van der Waals surface area contributed by atoms with E-state index in [1.807, 2.05) is 30.3 Å². The Balaban J connectivity index is 1.86. The van der Waals surface area contributed by atoms with E-state index >= 15 is 0 Å². The molecule has 0 heterocycles. The highest BCUT2D eigenvalue weighted by Crippen LogP contribution is 2.33. The first kappa shape index (κ1) is 33.8. The molecule has 11 heteroatoms. The van der Waals surface area contributed by atoms with Gasteiger partial charge in [-0.2, -0.15) is 0 Å². The standard InChI is InChI=1S/C34H35Cl2N3O5S/c1-3-37-34(41)31(22-25-14-7-5-8-15-25)38(23-27-28(35)18-13-19-29(27)36)33(40)24-39(30-20-11-12-21-32(30)44-4-2)45(42,43)26-16-9-6-10-17-26/h5-21,31H,3-4,22-24H2,1-2H3,(H,37,41)/t31-/m0/s1. The molecule has 8 nitrogen and oxygen atoms in total. The number of hydrogen-bond acceptors (Lipinski definition) is 5. The third-order valence-electron chi connectivity index (χ3n) is 7.06. The average molecular weight is 669 g/mol. The van der Waals surface area contributed by atoms with Crippen LogP contribution in [0.25, 0.3) is 0 Å². The van der Waals surface area contributed by atoms with Gasteiger partial charge >= 0.3 is 0 Å². The first-order chi connectivity index (χ1) is 21.7. The van der Waals surface area contributed by atoms with E-state index in [0.29, 0.717) is 22.2 Å². The highest BCUT2D eigenvalue weighted by Gasteiger charge is 2.36. The Morgan fingerprint density at radius 2 is 1.42 bits per heavy atom. The molecule has 0 radical (unpaired) electrons. The van der Waals surface area contributed by atoms with E-state index in [0.717, 1.165) is 9.87 Å². The summed E-state index contributed by atoms with van der Waals surface area (Å²) in [4.78, 5) is 29.5. The van der Waals surface area contributed by atoms with Crippen molar-refractivity contribution in [2.45, 2.75) is 37.8 Å². The summed E-state index contributed by atoms with van der Waals surface area (Å²) >= 11 is 13.1. The van der Waals surface area contributed by atoms with Crippen molar-refractivity contribution >= 4 is 50.7 Å². The number of nitrogens with one attached hydrogen (secondary N) is 1. The van der Waals surface area contributed by atoms with Crippen LogP contribution in [-0.4, -0.2) is 50.9 Å². The number of amides is 2. The lowest BCUT2D eigenvalue weighted by Crippen LogP contribution is -2.53. The lowest BCUT2D eigenvalue weighted by atomic mass is 10.0. The Labute approximate surface area is 274 Å². The van der Waals surface area contributed by atoms with Crippen LogP contribution in [0.3, 0.4) is 0 Å². The van der Waals surface area contributed by atoms with Crippen molar-refractivity contribution in [3.63, 3.8) is 0 Å². The van der Waals surface area contributed by atoms with E-state index in [9.17, 15) is 18.0 Å². The van der Waals surface area contributed by atoms with E-state index in [-0.39, 0.29) is 35.9 Å². The molecule has 1 atom stereocenters. The maximum absolute atomic E-state index is 14.6. The SMILES string of the molecule is CCNC(=O)[C@H](Cc1ccccc1)N(Cc1c(Cl)cccc1Cl)C(=O)CN(c1ccccc1OCC)S(=O)(=O)c1ccccc1. The predicted molar refractivity (Wildman–Crippen MR) is 178 cm³/mol. The van der Waals surface area contributed by atoms with Crippen molar-refractivity contribution in [1.82, 2.24) is 10.2 Å². The molecule has 0 aliphatic carbocycles. The number of sulfonamides is 1. The number of ether oxygens (including phenoxy) is 1. The van der Waals surface area contributed by atoms with E-state index in [2.05, 4.69) is 5.32 Å². The minimum atomic E-state index is -4.27. The van der Waals surface area contributed by atoms with Gasteiger partial charge in [0.15, 0.2) is 0 Å². The highest BCUT2D eigenvalue weighted by atomic mass is 35.5. The Bertz CT molecular complexity index is 1690. The van der Waals surface area contributed by atoms with E-state index in [1.165, 1.54) is 17.0 Å². The maximum Gasteiger partial charge on any atom is 0.264 e. The van der Waals surface area contributed by atoms with Crippen LogP contribution in [0.4, 0.5) is 5.69 Å². The predicted octanol–water partition coefficient (Wildman–Crippen LogP) is 6.36. The van der Waals surface area contributed by atoms with Crippen LogP contribution >= 0.6 is 23.2 Å². The molecule has 0 unspecified atom stereocenters. The Morgan fingerprint density at radius 1 is 0.822 bits per heavy atom. The van der Waals surface area contributed by atoms with Crippen molar-refractivity contribution in [2.24, 2.45) is 0 Å². The Kier molecular flexibility index (Phi) is 11.9. The number of nitrogens with zero attached hydrogens (tertiary/aromatic N) is 2. The summed E-state index contributed by atoms with van der Waals surface area (Å²) in [5, 5.41) is 3.45. The summed E-state index contributed by atoms with van der Waals surface area (Å²) in [6.45, 7) is 3.40. The molecule has 0 fully saturated rings. The molecule has 4 aromatic carbocycles. The minimum Gasteiger partial charge on any atom is -0.492 e. The molecular formula is C34H35Cl2N3O5S. The second-order valence-electron chi connectivity index (χ2n) is 10.0. The number of carbonyl (C=O) groups is 2. The lowest BCUT2D eigenvalue weighted by molar-refractivity contribution is -0.140. The average Bonchev–Trinajstić information content (AvgIpc) is 3.04. The van der Waals surface area contributed by atoms with E-state index in [1.54, 1.807) is 74.5 Å². The van der Waals surface area contributed by atoms with Crippen molar-refractivity contribution < 1.29 is 22.7 Å². The molecular weight excluding hydrogens is 633 g/mol. The van der Waals surface area contributed by atoms with Gasteiger partial charge in [0, 0.05) is 35.1 Å². The molecule has 0 aliphatic rings. The zero-order valence-electron chi connectivity index (χ0n) is 25.0. The van der Waals surface area contributed by atoms with Gasteiger partial charge in [-0.1, -0.05) is 89.9 Å². The summed E-state index contributed by atoms with van der Waals surface area (Å²) in [5.41, 5.74) is 1.43. The van der Waals surface area contributed by atoms with Gasteiger partial charge in [-0.25, -0.2) is 8.42 Å². The van der Waals surface area contributed by atoms with Gasteiger partial charge in [-0.15, -0.1) is 0 Å². The fourth-order valence-corrected chi connectivity index (χ4v) is 6.84. The maximum atomic E-state index is 14.6. The molecule has 0 saturated carbocycles. The highest BCUT2D eigenvalue weighted by molar-refractivity contribution is 7.92. The molecule has 1 N–H and O–H groups in total. The molecule has 236 valence electrons. The van der Waals surface area contributed by atoms with Crippen LogP contribution in [0.1, 0.15) is 25.0 Å². The van der Waals surface area contributed by atoms with Gasteiger partial charge < -0.3 is 15.0 Å². The largest absolute Gasteiger partial charge is 0.492 e. The lowest BCUT2D eigenvalue weighted by Gasteiger charge is -2.34. The third kappa shape index (κ3) is 8.36. The van der Waals surface area contributed by atoms with Crippen LogP contribution in [0.15, 0.2) is 108 Å². The number of rotatable bonds is 14. The van der Waals surface area contributed by atoms with Gasteiger partial charge in [0.05, 0.1) is 17.2 Å².